The van der Waals surface area contributed by atoms with Crippen LogP contribution >= 0.6 is 34.3 Å². The van der Waals surface area contributed by atoms with Crippen molar-refractivity contribution in [2.75, 3.05) is 12.4 Å². The van der Waals surface area contributed by atoms with Gasteiger partial charge in [0, 0.05) is 24.0 Å². The van der Waals surface area contributed by atoms with Gasteiger partial charge in [0.1, 0.15) is 17.1 Å². The monoisotopic (exact) mass is 426 g/mol. The molecule has 0 aliphatic heterocycles. The van der Waals surface area contributed by atoms with E-state index in [1.165, 1.54) is 12.1 Å². The van der Waals surface area contributed by atoms with Crippen LogP contribution in [0.2, 0.25) is 5.02 Å². The Morgan fingerprint density at radius 2 is 2.11 bits per heavy atom. The first-order valence-corrected chi connectivity index (χ1v) is 10.5. The van der Waals surface area contributed by atoms with E-state index in [2.05, 4.69) is 20.6 Å². The second kappa shape index (κ2) is 9.07. The van der Waals surface area contributed by atoms with Crippen LogP contribution in [0.3, 0.4) is 0 Å². The molecule has 3 rings (SSSR count). The smallest absolute Gasteiger partial charge is 0.141 e. The fourth-order valence-corrected chi connectivity index (χ4v) is 4.56. The predicted molar refractivity (Wildman–Crippen MR) is 110 cm³/mol. The van der Waals surface area contributed by atoms with Crippen LogP contribution in [-0.2, 0) is 0 Å². The summed E-state index contributed by atoms with van der Waals surface area (Å²) in [4.78, 5) is 10.8. The highest BCUT2D eigenvalue weighted by molar-refractivity contribution is 7.21. The minimum atomic E-state index is -0.802. The lowest BCUT2D eigenvalue weighted by Crippen LogP contribution is -2.30. The number of aromatic nitrogens is 2. The Bertz CT molecular complexity index is 874. The molecule has 0 fully saturated rings. The largest absolute Gasteiger partial charge is 0.374 e. The van der Waals surface area contributed by atoms with Crippen molar-refractivity contribution in [1.29, 1.82) is 0 Å². The zero-order valence-corrected chi connectivity index (χ0v) is 17.2. The van der Waals surface area contributed by atoms with Gasteiger partial charge in [0.05, 0.1) is 26.3 Å². The molecule has 1 aromatic carbocycles. The number of anilines is 1. The van der Waals surface area contributed by atoms with Crippen molar-refractivity contribution in [3.05, 3.63) is 52.0 Å². The number of halogens is 2. The van der Waals surface area contributed by atoms with Crippen LogP contribution in [0.25, 0.3) is 9.75 Å². The number of hydrogen-bond donors (Lipinski definition) is 3. The zero-order valence-electron chi connectivity index (χ0n) is 14.8. The topological polar surface area (TPSA) is 70.1 Å². The first kappa shape index (κ1) is 20.2. The summed E-state index contributed by atoms with van der Waals surface area (Å²) in [5.41, 5.74) is 2.37. The number of hydrogen-bond acceptors (Lipinski definition) is 7. The highest BCUT2D eigenvalue weighted by Gasteiger charge is 2.22. The minimum Gasteiger partial charge on any atom is -0.374 e. The SMILES string of the molecule is CN[C@@H](C[C@@H](C)[C@H](O)Nc1ccc(F)c(Cl)c1)c1ncc(-c2cncs2)s1. The molecule has 0 saturated heterocycles. The van der Waals surface area contributed by atoms with Crippen molar-refractivity contribution >= 4 is 40.0 Å². The first-order valence-electron chi connectivity index (χ1n) is 8.39. The highest BCUT2D eigenvalue weighted by atomic mass is 35.5. The van der Waals surface area contributed by atoms with E-state index in [1.807, 2.05) is 26.4 Å². The Hall–Kier alpha value is -1.58. The van der Waals surface area contributed by atoms with E-state index in [0.717, 1.165) is 14.8 Å². The molecule has 144 valence electrons. The molecule has 2 aromatic heterocycles. The normalized spacial score (nSPS) is 14.7. The van der Waals surface area contributed by atoms with Crippen molar-refractivity contribution in [1.82, 2.24) is 15.3 Å². The second-order valence-corrected chi connectivity index (χ2v) is 8.56. The number of nitrogens with zero attached hydrogens (tertiary/aromatic N) is 2. The summed E-state index contributed by atoms with van der Waals surface area (Å²) in [5, 5.41) is 17.7. The van der Waals surface area contributed by atoms with Crippen LogP contribution in [0.5, 0.6) is 0 Å². The lowest BCUT2D eigenvalue weighted by Gasteiger charge is -2.24. The third kappa shape index (κ3) is 5.03. The Morgan fingerprint density at radius 3 is 2.78 bits per heavy atom. The number of aliphatic hydroxyl groups is 1. The van der Waals surface area contributed by atoms with Crippen LogP contribution in [0.15, 0.2) is 36.1 Å². The molecule has 0 spiro atoms. The van der Waals surface area contributed by atoms with Gasteiger partial charge in [-0.3, -0.25) is 4.98 Å². The van der Waals surface area contributed by atoms with Crippen LogP contribution in [0, 0.1) is 11.7 Å². The maximum Gasteiger partial charge on any atom is 0.141 e. The van der Waals surface area contributed by atoms with Gasteiger partial charge in [0.2, 0.25) is 0 Å². The third-order valence-corrected chi connectivity index (χ3v) is 6.60. The molecular formula is C18H20ClFN4OS2. The van der Waals surface area contributed by atoms with Crippen molar-refractivity contribution < 1.29 is 9.50 Å². The van der Waals surface area contributed by atoms with Crippen LogP contribution in [-0.4, -0.2) is 28.4 Å². The number of benzene rings is 1. The van der Waals surface area contributed by atoms with Gasteiger partial charge in [-0.05, 0) is 31.7 Å². The van der Waals surface area contributed by atoms with Gasteiger partial charge in [-0.25, -0.2) is 9.37 Å². The Labute approximate surface area is 170 Å². The van der Waals surface area contributed by atoms with E-state index in [-0.39, 0.29) is 17.0 Å². The molecule has 0 aliphatic rings. The van der Waals surface area contributed by atoms with E-state index >= 15 is 0 Å². The van der Waals surface area contributed by atoms with Gasteiger partial charge in [-0.1, -0.05) is 18.5 Å². The van der Waals surface area contributed by atoms with Crippen LogP contribution in [0.4, 0.5) is 10.1 Å². The van der Waals surface area contributed by atoms with Gasteiger partial charge < -0.3 is 15.7 Å². The van der Waals surface area contributed by atoms with Crippen molar-refractivity contribution in [2.24, 2.45) is 5.92 Å². The molecule has 3 aromatic rings. The minimum absolute atomic E-state index is 0.0138. The second-order valence-electron chi connectivity index (χ2n) is 6.20. The Kier molecular flexibility index (Phi) is 6.78. The first-order chi connectivity index (χ1) is 13.0. The summed E-state index contributed by atoms with van der Waals surface area (Å²) >= 11 is 8.99. The molecule has 0 unspecified atom stereocenters. The average molecular weight is 427 g/mol. The quantitative estimate of drug-likeness (QED) is 0.452. The lowest BCUT2D eigenvalue weighted by atomic mass is 10.00. The molecule has 3 N–H and O–H groups in total. The molecule has 0 saturated carbocycles. The molecule has 3 atom stereocenters. The maximum absolute atomic E-state index is 13.3. The van der Waals surface area contributed by atoms with Crippen LogP contribution < -0.4 is 10.6 Å². The Balaban J connectivity index is 1.63. The van der Waals surface area contributed by atoms with Crippen molar-refractivity contribution in [2.45, 2.75) is 25.6 Å². The van der Waals surface area contributed by atoms with Crippen molar-refractivity contribution in [3.63, 3.8) is 0 Å². The summed E-state index contributed by atoms with van der Waals surface area (Å²) in [6.07, 6.45) is 3.57. The molecule has 0 radical (unpaired) electrons. The molecular weight excluding hydrogens is 407 g/mol. The number of aliphatic hydroxyl groups excluding tert-OH is 1. The molecule has 0 bridgehead atoms. The lowest BCUT2D eigenvalue weighted by molar-refractivity contribution is 0.131. The fraction of sp³-hybridized carbons (Fsp3) is 0.333. The van der Waals surface area contributed by atoms with Gasteiger partial charge >= 0.3 is 0 Å². The molecule has 27 heavy (non-hydrogen) atoms. The summed E-state index contributed by atoms with van der Waals surface area (Å²) in [6, 6.07) is 4.30. The standard InChI is InChI=1S/C18H20ClFN4OS2/c1-10(17(25)24-11-3-4-13(20)12(19)6-11)5-14(21-2)18-23-8-16(27-18)15-7-22-9-26-15/h3-4,6-10,14,17,21,24-25H,5H2,1-2H3/t10-,14+,17+/m1/s1. The number of rotatable bonds is 8. The van der Waals surface area contributed by atoms with E-state index in [1.54, 1.807) is 34.3 Å². The molecule has 0 aliphatic carbocycles. The molecule has 9 heteroatoms. The van der Waals surface area contributed by atoms with E-state index in [0.29, 0.717) is 12.1 Å². The summed E-state index contributed by atoms with van der Waals surface area (Å²) in [6.45, 7) is 1.95. The molecule has 2 heterocycles. The summed E-state index contributed by atoms with van der Waals surface area (Å²) < 4.78 is 13.3. The molecule has 0 amide bonds. The highest BCUT2D eigenvalue weighted by Crippen LogP contribution is 2.33. The van der Waals surface area contributed by atoms with E-state index in [9.17, 15) is 9.50 Å². The van der Waals surface area contributed by atoms with Gasteiger partial charge in [-0.15, -0.1) is 22.7 Å². The van der Waals surface area contributed by atoms with Crippen molar-refractivity contribution in [3.8, 4) is 9.75 Å². The predicted octanol–water partition coefficient (Wildman–Crippen LogP) is 4.78. The zero-order chi connectivity index (χ0) is 19.4. The van der Waals surface area contributed by atoms with E-state index < -0.39 is 12.0 Å². The van der Waals surface area contributed by atoms with Gasteiger partial charge in [-0.2, -0.15) is 0 Å². The Morgan fingerprint density at radius 1 is 1.30 bits per heavy atom. The average Bonchev–Trinajstić information content (AvgIpc) is 3.33. The van der Waals surface area contributed by atoms with Crippen LogP contribution in [0.1, 0.15) is 24.4 Å². The third-order valence-electron chi connectivity index (χ3n) is 4.23. The van der Waals surface area contributed by atoms with E-state index in [4.69, 9.17) is 11.6 Å². The fourth-order valence-electron chi connectivity index (χ4n) is 2.64. The van der Waals surface area contributed by atoms with Gasteiger partial charge in [0.25, 0.3) is 0 Å². The molecule has 5 nitrogen and oxygen atoms in total. The maximum atomic E-state index is 13.3. The number of nitrogens with one attached hydrogen (secondary N) is 2. The summed E-state index contributed by atoms with van der Waals surface area (Å²) in [7, 11) is 1.88. The van der Waals surface area contributed by atoms with Gasteiger partial charge in [0.15, 0.2) is 0 Å². The number of thiazole rings is 2. The summed E-state index contributed by atoms with van der Waals surface area (Å²) in [5.74, 6) is -0.567.